The Hall–Kier alpha value is -0.700. The van der Waals surface area contributed by atoms with E-state index in [0.29, 0.717) is 0 Å². The molecule has 0 saturated carbocycles. The highest BCUT2D eigenvalue weighted by Gasteiger charge is 2.63. The summed E-state index contributed by atoms with van der Waals surface area (Å²) in [5.74, 6) is -11.5. The highest BCUT2D eigenvalue weighted by molar-refractivity contribution is 4.91. The molecule has 0 nitrogen and oxygen atoms in total. The van der Waals surface area contributed by atoms with Gasteiger partial charge in [0.1, 0.15) is 6.42 Å². The zero-order chi connectivity index (χ0) is 13.4. The fraction of sp³-hybridized carbons (Fsp3) is 1.00. The molecule has 0 bridgehead atoms. The van der Waals surface area contributed by atoms with Crippen molar-refractivity contribution in [2.24, 2.45) is 0 Å². The average Bonchev–Trinajstić information content (AvgIpc) is 1.97. The highest BCUT2D eigenvalue weighted by Crippen LogP contribution is 2.43. The van der Waals surface area contributed by atoms with Crippen molar-refractivity contribution in [2.75, 3.05) is 0 Å². The quantitative estimate of drug-likeness (QED) is 0.679. The van der Waals surface area contributed by atoms with Gasteiger partial charge in [0.25, 0.3) is 5.92 Å². The summed E-state index contributed by atoms with van der Waals surface area (Å²) >= 11 is 0. The molecule has 0 amide bonds. The van der Waals surface area contributed by atoms with Crippen LogP contribution >= 0.6 is 0 Å². The molecule has 16 heavy (non-hydrogen) atoms. The van der Waals surface area contributed by atoms with Gasteiger partial charge in [0.2, 0.25) is 6.17 Å². The van der Waals surface area contributed by atoms with Crippen molar-refractivity contribution < 1.29 is 43.9 Å². The smallest absolute Gasteiger partial charge is 0.234 e. The first-order chi connectivity index (χ1) is 6.81. The molecule has 0 N–H and O–H groups in total. The van der Waals surface area contributed by atoms with Gasteiger partial charge in [0.15, 0.2) is 0 Å². The highest BCUT2D eigenvalue weighted by atomic mass is 19.4. The van der Waals surface area contributed by atoms with Gasteiger partial charge in [-0.15, -0.1) is 0 Å². The van der Waals surface area contributed by atoms with Crippen LogP contribution < -0.4 is 0 Å². The van der Waals surface area contributed by atoms with E-state index in [1.54, 1.807) is 0 Å². The Balaban J connectivity index is 4.89. The van der Waals surface area contributed by atoms with Gasteiger partial charge in [0, 0.05) is 0 Å². The molecule has 0 aromatic heterocycles. The van der Waals surface area contributed by atoms with Gasteiger partial charge in [-0.05, 0) is 0 Å². The fourth-order valence-electron chi connectivity index (χ4n) is 0.749. The minimum atomic E-state index is -5.84. The van der Waals surface area contributed by atoms with Crippen LogP contribution in [0.4, 0.5) is 43.9 Å². The van der Waals surface area contributed by atoms with Crippen molar-refractivity contribution in [1.82, 2.24) is 0 Å². The number of rotatable bonds is 4. The molecule has 0 heterocycles. The molecule has 0 aromatic carbocycles. The molecule has 0 fully saturated rings. The summed E-state index contributed by atoms with van der Waals surface area (Å²) < 4.78 is 118. The van der Waals surface area contributed by atoms with Crippen molar-refractivity contribution in [3.63, 3.8) is 0 Å². The van der Waals surface area contributed by atoms with Crippen LogP contribution in [0, 0.1) is 0 Å². The molecule has 0 saturated heterocycles. The summed E-state index contributed by atoms with van der Waals surface area (Å²) in [7, 11) is 0. The summed E-state index contributed by atoms with van der Waals surface area (Å²) in [5, 5.41) is 0. The van der Waals surface area contributed by atoms with Crippen LogP contribution in [0.25, 0.3) is 0 Å². The molecule has 10 heteroatoms. The Labute approximate surface area is 82.2 Å². The summed E-state index contributed by atoms with van der Waals surface area (Å²) in [4.78, 5) is 0. The first-order valence-corrected chi connectivity index (χ1v) is 3.55. The van der Waals surface area contributed by atoms with Gasteiger partial charge in [0.05, 0.1) is 0 Å². The summed E-state index contributed by atoms with van der Waals surface area (Å²) in [6.45, 7) is 0. The second-order valence-corrected chi connectivity index (χ2v) is 2.89. The average molecular weight is 266 g/mol. The number of alkyl halides is 10. The van der Waals surface area contributed by atoms with E-state index < -0.39 is 37.0 Å². The first-order valence-electron chi connectivity index (χ1n) is 3.55. The van der Waals surface area contributed by atoms with Crippen LogP contribution in [0.15, 0.2) is 0 Å². The summed E-state index contributed by atoms with van der Waals surface area (Å²) in [6, 6.07) is 0. The van der Waals surface area contributed by atoms with Crippen molar-refractivity contribution in [2.45, 2.75) is 37.0 Å². The molecule has 98 valence electrons. The molecule has 0 radical (unpaired) electrons. The molecule has 0 rings (SSSR count). The zero-order valence-corrected chi connectivity index (χ0v) is 7.14. The number of hydrogen-bond donors (Lipinski definition) is 0. The van der Waals surface area contributed by atoms with Crippen molar-refractivity contribution >= 4 is 0 Å². The van der Waals surface area contributed by atoms with E-state index >= 15 is 0 Å². The molecule has 0 aliphatic heterocycles. The standard InChI is InChI=1S/C6H4F10/c7-2(6(15,16)3(8)9)4(10,11)1-5(12,13)14/h2-3H,1H2. The monoisotopic (exact) mass is 266 g/mol. The van der Waals surface area contributed by atoms with Crippen LogP contribution in [-0.4, -0.2) is 30.6 Å². The van der Waals surface area contributed by atoms with Gasteiger partial charge in [-0.1, -0.05) is 0 Å². The van der Waals surface area contributed by atoms with Crippen molar-refractivity contribution in [3.8, 4) is 0 Å². The summed E-state index contributed by atoms with van der Waals surface area (Å²) in [6.07, 6.45) is -18.6. The minimum absolute atomic E-state index is 3.23. The molecular weight excluding hydrogens is 262 g/mol. The number of hydrogen-bond acceptors (Lipinski definition) is 0. The summed E-state index contributed by atoms with van der Waals surface area (Å²) in [5.41, 5.74) is 0. The predicted octanol–water partition coefficient (Wildman–Crippen LogP) is 3.81. The van der Waals surface area contributed by atoms with Crippen molar-refractivity contribution in [3.05, 3.63) is 0 Å². The maximum Gasteiger partial charge on any atom is 0.394 e. The van der Waals surface area contributed by atoms with E-state index in [2.05, 4.69) is 0 Å². The molecular formula is C6H4F10. The molecule has 1 atom stereocenters. The van der Waals surface area contributed by atoms with Gasteiger partial charge in [-0.2, -0.15) is 22.0 Å². The second-order valence-electron chi connectivity index (χ2n) is 2.89. The zero-order valence-electron chi connectivity index (χ0n) is 7.14. The molecule has 0 aliphatic rings. The van der Waals surface area contributed by atoms with E-state index in [0.717, 1.165) is 0 Å². The Kier molecular flexibility index (Phi) is 4.10. The van der Waals surface area contributed by atoms with Crippen LogP contribution in [-0.2, 0) is 0 Å². The lowest BCUT2D eigenvalue weighted by Gasteiger charge is -2.27. The minimum Gasteiger partial charge on any atom is -0.234 e. The van der Waals surface area contributed by atoms with E-state index in [-0.39, 0.29) is 0 Å². The normalized spacial score (nSPS) is 16.7. The van der Waals surface area contributed by atoms with Crippen LogP contribution in [0.1, 0.15) is 6.42 Å². The lowest BCUT2D eigenvalue weighted by atomic mass is 10.0. The Morgan fingerprint density at radius 3 is 1.38 bits per heavy atom. The maximum absolute atomic E-state index is 12.3. The topological polar surface area (TPSA) is 0 Å². The third-order valence-corrected chi connectivity index (χ3v) is 1.44. The first kappa shape index (κ1) is 15.3. The lowest BCUT2D eigenvalue weighted by molar-refractivity contribution is -0.261. The number of halogens is 10. The van der Waals surface area contributed by atoms with Crippen LogP contribution in [0.5, 0.6) is 0 Å². The Bertz CT molecular complexity index is 228. The van der Waals surface area contributed by atoms with Gasteiger partial charge in [-0.25, -0.2) is 22.0 Å². The van der Waals surface area contributed by atoms with Crippen LogP contribution in [0.3, 0.4) is 0 Å². The molecule has 0 spiro atoms. The van der Waals surface area contributed by atoms with Crippen molar-refractivity contribution in [1.29, 1.82) is 0 Å². The lowest BCUT2D eigenvalue weighted by Crippen LogP contribution is -2.50. The SMILES string of the molecule is FC(F)C(F)(F)C(F)C(F)(F)CC(F)(F)F. The molecule has 0 aliphatic carbocycles. The Morgan fingerprint density at radius 1 is 0.750 bits per heavy atom. The van der Waals surface area contributed by atoms with E-state index in [1.807, 2.05) is 0 Å². The fourth-order valence-corrected chi connectivity index (χ4v) is 0.749. The Morgan fingerprint density at radius 2 is 1.12 bits per heavy atom. The third-order valence-electron chi connectivity index (χ3n) is 1.44. The van der Waals surface area contributed by atoms with Gasteiger partial charge in [-0.3, -0.25) is 0 Å². The van der Waals surface area contributed by atoms with Gasteiger partial charge >= 0.3 is 18.5 Å². The van der Waals surface area contributed by atoms with Crippen LogP contribution in [0.2, 0.25) is 0 Å². The molecule has 0 aromatic rings. The van der Waals surface area contributed by atoms with E-state index in [9.17, 15) is 43.9 Å². The second kappa shape index (κ2) is 4.28. The third kappa shape index (κ3) is 3.71. The van der Waals surface area contributed by atoms with Gasteiger partial charge < -0.3 is 0 Å². The van der Waals surface area contributed by atoms with E-state index in [1.165, 1.54) is 0 Å². The predicted molar refractivity (Wildman–Crippen MR) is 31.5 cm³/mol. The maximum atomic E-state index is 12.3. The van der Waals surface area contributed by atoms with E-state index in [4.69, 9.17) is 0 Å². The largest absolute Gasteiger partial charge is 0.394 e. The molecule has 1 unspecified atom stereocenters.